The normalized spacial score (nSPS) is 7.64. The van der Waals surface area contributed by atoms with Gasteiger partial charge < -0.3 is 51.1 Å². The molecule has 47 heavy (non-hydrogen) atoms. The SMILES string of the molecule is C=C(C)C(=O)O.C=C(C)C(=O)O.C=C(C)C(=O)O.C=CC(=O)O.C=CC(=O)O.C=CC(=O)O.C=CC(=O)O.OCCCC(CO)CO. The fourth-order valence-corrected chi connectivity index (χ4v) is 0.620. The lowest BCUT2D eigenvalue weighted by Crippen LogP contribution is -2.11. The summed E-state index contributed by atoms with van der Waals surface area (Å²) in [5.41, 5.74) is 0.528. The van der Waals surface area contributed by atoms with E-state index in [0.717, 1.165) is 24.3 Å². The van der Waals surface area contributed by atoms with E-state index >= 15 is 0 Å². The summed E-state index contributed by atoms with van der Waals surface area (Å²) in [6.07, 6.45) is 4.69. The van der Waals surface area contributed by atoms with Crippen LogP contribution in [0.15, 0.2) is 87.1 Å². The predicted octanol–water partition coefficient (Wildman–Crippen LogP) is 2.33. The van der Waals surface area contributed by atoms with Gasteiger partial charge in [0.1, 0.15) is 0 Å². The van der Waals surface area contributed by atoms with Crippen LogP contribution in [-0.4, -0.2) is 113 Å². The maximum absolute atomic E-state index is 9.60. The Morgan fingerprint density at radius 1 is 0.489 bits per heavy atom. The van der Waals surface area contributed by atoms with Crippen molar-refractivity contribution in [1.29, 1.82) is 0 Å². The smallest absolute Gasteiger partial charge is 0.330 e. The van der Waals surface area contributed by atoms with Crippen molar-refractivity contribution in [2.24, 2.45) is 5.92 Å². The van der Waals surface area contributed by atoms with E-state index in [0.29, 0.717) is 12.8 Å². The molecular weight excluding hydrogens is 632 g/mol. The third-order valence-corrected chi connectivity index (χ3v) is 3.08. The van der Waals surface area contributed by atoms with Crippen LogP contribution in [0.1, 0.15) is 33.6 Å². The molecule has 0 fully saturated rings. The van der Waals surface area contributed by atoms with E-state index in [-0.39, 0.29) is 42.5 Å². The molecular formula is C30H48O17. The number of carbonyl (C=O) groups is 7. The molecule has 0 radical (unpaired) electrons. The average molecular weight is 681 g/mol. The maximum atomic E-state index is 9.60. The van der Waals surface area contributed by atoms with Crippen LogP contribution in [0.2, 0.25) is 0 Å². The van der Waals surface area contributed by atoms with Crippen molar-refractivity contribution in [3.63, 3.8) is 0 Å². The minimum absolute atomic E-state index is 0.0104. The molecule has 0 rings (SSSR count). The predicted molar refractivity (Wildman–Crippen MR) is 173 cm³/mol. The molecule has 0 unspecified atom stereocenters. The summed E-state index contributed by atoms with van der Waals surface area (Å²) in [6, 6.07) is 0. The monoisotopic (exact) mass is 680 g/mol. The highest BCUT2D eigenvalue weighted by Crippen LogP contribution is 2.02. The van der Waals surface area contributed by atoms with Crippen LogP contribution in [0, 0.1) is 5.92 Å². The Balaban J connectivity index is -0.0000000622. The van der Waals surface area contributed by atoms with Crippen LogP contribution < -0.4 is 0 Å². The lowest BCUT2D eigenvalue weighted by Gasteiger charge is -2.07. The molecule has 0 amide bonds. The van der Waals surface area contributed by atoms with Gasteiger partial charge in [-0.25, -0.2) is 33.6 Å². The topological polar surface area (TPSA) is 322 Å². The molecule has 10 N–H and O–H groups in total. The fraction of sp³-hybridized carbons (Fsp3) is 0.300. The molecule has 0 aliphatic heterocycles. The summed E-state index contributed by atoms with van der Waals surface area (Å²) in [6.45, 7) is 25.8. The van der Waals surface area contributed by atoms with E-state index in [1.54, 1.807) is 0 Å². The van der Waals surface area contributed by atoms with Crippen molar-refractivity contribution in [2.75, 3.05) is 19.8 Å². The first-order chi connectivity index (χ1) is 21.4. The molecule has 0 bridgehead atoms. The van der Waals surface area contributed by atoms with Crippen LogP contribution in [0.3, 0.4) is 0 Å². The first-order valence-corrected chi connectivity index (χ1v) is 12.3. The van der Waals surface area contributed by atoms with E-state index < -0.39 is 41.8 Å². The Labute approximate surface area is 273 Å². The standard InChI is InChI=1S/C6H14O3.3C4H6O2.4C3H4O2/c7-3-1-2-6(4-8)5-9;3*1-3(2)4(5)6;4*1-2-3(4)5/h6-9H,1-5H2;3*1H2,2H3,(H,5,6);4*2H,1H2,(H,4,5). The molecule has 0 saturated carbocycles. The van der Waals surface area contributed by atoms with E-state index in [4.69, 9.17) is 51.1 Å². The van der Waals surface area contributed by atoms with Gasteiger partial charge in [0.25, 0.3) is 0 Å². The largest absolute Gasteiger partial charge is 0.478 e. The van der Waals surface area contributed by atoms with E-state index in [1.807, 2.05) is 0 Å². The Kier molecular flexibility index (Phi) is 60.9. The molecule has 270 valence electrons. The highest BCUT2D eigenvalue weighted by molar-refractivity contribution is 5.85. The molecule has 0 heterocycles. The second kappa shape index (κ2) is 47.3. The van der Waals surface area contributed by atoms with Gasteiger partial charge in [-0.1, -0.05) is 46.1 Å². The van der Waals surface area contributed by atoms with Gasteiger partial charge in [0.2, 0.25) is 0 Å². The van der Waals surface area contributed by atoms with Crippen molar-refractivity contribution >= 4 is 41.8 Å². The number of carboxylic acids is 7. The minimum atomic E-state index is -0.981. The molecule has 0 atom stereocenters. The summed E-state index contributed by atoms with van der Waals surface area (Å²) in [7, 11) is 0. The van der Waals surface area contributed by atoms with Crippen LogP contribution in [0.25, 0.3) is 0 Å². The third kappa shape index (κ3) is 119. The van der Waals surface area contributed by atoms with Crippen molar-refractivity contribution in [2.45, 2.75) is 33.6 Å². The number of aliphatic hydroxyl groups is 3. The highest BCUT2D eigenvalue weighted by Gasteiger charge is 2.03. The molecule has 0 saturated heterocycles. The highest BCUT2D eigenvalue weighted by atomic mass is 16.4. The molecule has 0 spiro atoms. The summed E-state index contributed by atoms with van der Waals surface area (Å²) < 4.78 is 0. The van der Waals surface area contributed by atoms with Gasteiger partial charge in [-0.3, -0.25) is 0 Å². The number of hydrogen-bond acceptors (Lipinski definition) is 10. The van der Waals surface area contributed by atoms with E-state index in [1.165, 1.54) is 20.8 Å². The van der Waals surface area contributed by atoms with E-state index in [9.17, 15) is 33.6 Å². The molecule has 17 heteroatoms. The maximum Gasteiger partial charge on any atom is 0.330 e. The van der Waals surface area contributed by atoms with Crippen molar-refractivity contribution in [3.05, 3.63) is 87.1 Å². The van der Waals surface area contributed by atoms with E-state index in [2.05, 4.69) is 46.1 Å². The summed E-state index contributed by atoms with van der Waals surface area (Å²) in [4.78, 5) is 65.8. The van der Waals surface area contributed by atoms with Gasteiger partial charge in [0.15, 0.2) is 0 Å². The van der Waals surface area contributed by atoms with Crippen LogP contribution in [0.4, 0.5) is 0 Å². The van der Waals surface area contributed by atoms with Gasteiger partial charge >= 0.3 is 41.8 Å². The van der Waals surface area contributed by atoms with Gasteiger partial charge in [0.05, 0.1) is 0 Å². The average Bonchev–Trinajstić information content (AvgIpc) is 2.99. The van der Waals surface area contributed by atoms with Gasteiger partial charge in [0, 0.05) is 66.8 Å². The van der Waals surface area contributed by atoms with Crippen molar-refractivity contribution in [3.8, 4) is 0 Å². The quantitative estimate of drug-likeness (QED) is 0.132. The molecule has 0 aliphatic carbocycles. The molecule has 0 aromatic heterocycles. The zero-order valence-electron chi connectivity index (χ0n) is 26.7. The second-order valence-corrected chi connectivity index (χ2v) is 7.52. The van der Waals surface area contributed by atoms with Crippen LogP contribution >= 0.6 is 0 Å². The number of rotatable bonds is 12. The van der Waals surface area contributed by atoms with Crippen molar-refractivity contribution in [1.82, 2.24) is 0 Å². The number of hydrogen-bond donors (Lipinski definition) is 10. The Hall–Kier alpha value is -5.65. The van der Waals surface area contributed by atoms with Crippen molar-refractivity contribution < 1.29 is 84.6 Å². The van der Waals surface area contributed by atoms with Gasteiger partial charge in [-0.15, -0.1) is 0 Å². The molecule has 0 aromatic carbocycles. The molecule has 0 aromatic rings. The number of carboxylic acid groups (broad SMARTS) is 7. The number of aliphatic hydroxyl groups excluding tert-OH is 3. The molecule has 17 nitrogen and oxygen atoms in total. The first kappa shape index (κ1) is 60.5. The number of aliphatic carboxylic acids is 7. The summed E-state index contributed by atoms with van der Waals surface area (Å²) in [5.74, 6) is -6.78. The fourth-order valence-electron chi connectivity index (χ4n) is 0.620. The van der Waals surface area contributed by atoms with Crippen LogP contribution in [-0.2, 0) is 33.6 Å². The Bertz CT molecular complexity index is 839. The zero-order valence-corrected chi connectivity index (χ0v) is 26.7. The Morgan fingerprint density at radius 2 is 0.638 bits per heavy atom. The first-order valence-electron chi connectivity index (χ1n) is 12.3. The summed E-state index contributed by atoms with van der Waals surface area (Å²) in [5, 5.41) is 79.5. The third-order valence-electron chi connectivity index (χ3n) is 3.08. The van der Waals surface area contributed by atoms with Gasteiger partial charge in [-0.05, 0) is 33.6 Å². The lowest BCUT2D eigenvalue weighted by molar-refractivity contribution is -0.133. The zero-order chi connectivity index (χ0) is 39.7. The molecule has 0 aliphatic rings. The minimum Gasteiger partial charge on any atom is -0.478 e. The Morgan fingerprint density at radius 3 is 0.702 bits per heavy atom. The van der Waals surface area contributed by atoms with Gasteiger partial charge in [-0.2, -0.15) is 0 Å². The summed E-state index contributed by atoms with van der Waals surface area (Å²) >= 11 is 0. The van der Waals surface area contributed by atoms with Crippen LogP contribution in [0.5, 0.6) is 0 Å². The lowest BCUT2D eigenvalue weighted by atomic mass is 10.1. The second-order valence-electron chi connectivity index (χ2n) is 7.52.